The standard InChI is InChI=1S/C36H37N3O7/c1-23(8-7-19-37)20-24-22-39(35(43)38-34(24)42)31-21-30(40)32(46-31)33(41)36(25-9-5-4-6-10-25,26-11-15-28(44-2)16-12-26)27-13-17-29(45-3)18-14-27/h4-6,9-18,20,22,30-33,40-41H,7-8,21H2,1-3H3,(H,38,42,43)/t30-,31+,32-,33?/m0/s1. The first-order chi connectivity index (χ1) is 22.2. The van der Waals surface area contributed by atoms with Crippen molar-refractivity contribution in [2.45, 2.75) is 56.1 Å². The SMILES string of the molecule is COc1ccc(C(c2ccccc2)(c2ccc(OC)cc2)C(O)[C@H]2O[C@@H](n3cc(C=C(C)CCC#N)c(=O)[nH]c3=O)C[C@@H]2O)cc1. The molecular formula is C36H37N3O7. The van der Waals surface area contributed by atoms with E-state index in [9.17, 15) is 19.8 Å². The van der Waals surface area contributed by atoms with E-state index in [4.69, 9.17) is 19.5 Å². The average Bonchev–Trinajstić information content (AvgIpc) is 3.47. The summed E-state index contributed by atoms with van der Waals surface area (Å²) >= 11 is 0. The van der Waals surface area contributed by atoms with Crippen LogP contribution in [0.15, 0.2) is 100 Å². The highest BCUT2D eigenvalue weighted by Gasteiger charge is 2.52. The molecule has 1 aliphatic rings. The molecule has 0 spiro atoms. The van der Waals surface area contributed by atoms with Gasteiger partial charge < -0.3 is 24.4 Å². The fourth-order valence-electron chi connectivity index (χ4n) is 6.21. The molecule has 46 heavy (non-hydrogen) atoms. The normalized spacial score (nSPS) is 19.0. The number of aromatic nitrogens is 2. The molecule has 4 aromatic rings. The van der Waals surface area contributed by atoms with E-state index in [0.29, 0.717) is 24.3 Å². The number of H-pyrrole nitrogens is 1. The van der Waals surface area contributed by atoms with Gasteiger partial charge >= 0.3 is 5.69 Å². The van der Waals surface area contributed by atoms with Gasteiger partial charge in [0.05, 0.1) is 37.4 Å². The molecule has 0 saturated carbocycles. The molecule has 2 heterocycles. The number of aliphatic hydroxyl groups is 2. The number of nitrogens with one attached hydrogen (secondary N) is 1. The number of rotatable bonds is 11. The van der Waals surface area contributed by atoms with Crippen molar-refractivity contribution < 1.29 is 24.4 Å². The van der Waals surface area contributed by atoms with Crippen molar-refractivity contribution in [3.05, 3.63) is 134 Å². The highest BCUT2D eigenvalue weighted by molar-refractivity contribution is 5.54. The predicted octanol–water partition coefficient (Wildman–Crippen LogP) is 4.30. The summed E-state index contributed by atoms with van der Waals surface area (Å²) < 4.78 is 18.4. The Hall–Kier alpha value is -4.95. The van der Waals surface area contributed by atoms with Crippen LogP contribution in [0.2, 0.25) is 0 Å². The van der Waals surface area contributed by atoms with Gasteiger partial charge in [0.1, 0.15) is 29.9 Å². The van der Waals surface area contributed by atoms with Gasteiger partial charge in [-0.2, -0.15) is 5.26 Å². The largest absolute Gasteiger partial charge is 0.497 e. The molecule has 1 unspecified atom stereocenters. The first-order valence-corrected chi connectivity index (χ1v) is 15.0. The second-order valence-electron chi connectivity index (χ2n) is 11.3. The third-order valence-corrected chi connectivity index (χ3v) is 8.55. The summed E-state index contributed by atoms with van der Waals surface area (Å²) in [6.07, 6.45) is -0.894. The molecule has 1 saturated heterocycles. The smallest absolute Gasteiger partial charge is 0.330 e. The van der Waals surface area contributed by atoms with Crippen LogP contribution in [0, 0.1) is 11.3 Å². The van der Waals surface area contributed by atoms with Gasteiger partial charge in [0, 0.05) is 19.0 Å². The Kier molecular flexibility index (Phi) is 9.87. The highest BCUT2D eigenvalue weighted by atomic mass is 16.5. The number of methoxy groups -OCH3 is 2. The number of nitrogens with zero attached hydrogens (tertiary/aromatic N) is 2. The van der Waals surface area contributed by atoms with Gasteiger partial charge in [-0.15, -0.1) is 0 Å². The summed E-state index contributed by atoms with van der Waals surface area (Å²) in [6, 6.07) is 26.3. The van der Waals surface area contributed by atoms with Crippen LogP contribution >= 0.6 is 0 Å². The number of benzene rings is 3. The summed E-state index contributed by atoms with van der Waals surface area (Å²) in [5.41, 5.74) is 0.673. The van der Waals surface area contributed by atoms with Crippen molar-refractivity contribution in [2.75, 3.05) is 14.2 Å². The second kappa shape index (κ2) is 14.0. The summed E-state index contributed by atoms with van der Waals surface area (Å²) in [5, 5.41) is 32.9. The van der Waals surface area contributed by atoms with Crippen LogP contribution < -0.4 is 20.7 Å². The van der Waals surface area contributed by atoms with Gasteiger partial charge in [-0.3, -0.25) is 14.3 Å². The summed E-state index contributed by atoms with van der Waals surface area (Å²) in [6.45, 7) is 1.80. The number of aromatic amines is 1. The minimum atomic E-state index is -1.36. The molecule has 3 aromatic carbocycles. The number of allylic oxidation sites excluding steroid dienone is 1. The topological polar surface area (TPSA) is 147 Å². The van der Waals surface area contributed by atoms with E-state index in [1.165, 1.54) is 10.8 Å². The number of nitriles is 1. The molecule has 0 bridgehead atoms. The fraction of sp³-hybridized carbons (Fsp3) is 0.306. The third-order valence-electron chi connectivity index (χ3n) is 8.55. The lowest BCUT2D eigenvalue weighted by Gasteiger charge is -2.43. The van der Waals surface area contributed by atoms with Crippen LogP contribution in [0.25, 0.3) is 6.08 Å². The summed E-state index contributed by atoms with van der Waals surface area (Å²) in [4.78, 5) is 27.9. The number of hydrogen-bond acceptors (Lipinski definition) is 8. The first-order valence-electron chi connectivity index (χ1n) is 15.0. The quantitative estimate of drug-likeness (QED) is 0.210. The van der Waals surface area contributed by atoms with Crippen LogP contribution in [0.1, 0.15) is 54.7 Å². The third kappa shape index (κ3) is 6.26. The van der Waals surface area contributed by atoms with E-state index < -0.39 is 41.2 Å². The Balaban J connectivity index is 1.62. The first kappa shape index (κ1) is 32.4. The van der Waals surface area contributed by atoms with E-state index in [1.54, 1.807) is 27.2 Å². The molecule has 1 aromatic heterocycles. The van der Waals surface area contributed by atoms with Crippen LogP contribution in [0.4, 0.5) is 0 Å². The van der Waals surface area contributed by atoms with Crippen LogP contribution in [0.3, 0.4) is 0 Å². The van der Waals surface area contributed by atoms with Crippen molar-refractivity contribution >= 4 is 6.08 Å². The minimum absolute atomic E-state index is 0.0136. The van der Waals surface area contributed by atoms with E-state index >= 15 is 0 Å². The zero-order chi connectivity index (χ0) is 32.8. The number of hydrogen-bond donors (Lipinski definition) is 3. The maximum Gasteiger partial charge on any atom is 0.330 e. The van der Waals surface area contributed by atoms with Gasteiger partial charge in [-0.1, -0.05) is 60.2 Å². The van der Waals surface area contributed by atoms with E-state index in [-0.39, 0.29) is 12.0 Å². The Bertz CT molecular complexity index is 1780. The molecule has 1 aliphatic heterocycles. The number of aliphatic hydroxyl groups excluding tert-OH is 2. The summed E-state index contributed by atoms with van der Waals surface area (Å²) in [5.74, 6) is 1.27. The lowest BCUT2D eigenvalue weighted by molar-refractivity contribution is -0.0976. The molecule has 10 nitrogen and oxygen atoms in total. The monoisotopic (exact) mass is 623 g/mol. The molecule has 0 radical (unpaired) electrons. The predicted molar refractivity (Wildman–Crippen MR) is 173 cm³/mol. The lowest BCUT2D eigenvalue weighted by Crippen LogP contribution is -2.51. The molecule has 4 atom stereocenters. The minimum Gasteiger partial charge on any atom is -0.497 e. The van der Waals surface area contributed by atoms with Crippen molar-refractivity contribution in [3.63, 3.8) is 0 Å². The molecular weight excluding hydrogens is 586 g/mol. The van der Waals surface area contributed by atoms with Crippen LogP contribution in [0.5, 0.6) is 11.5 Å². The Morgan fingerprint density at radius 1 is 1.02 bits per heavy atom. The van der Waals surface area contributed by atoms with Crippen LogP contribution in [-0.4, -0.2) is 52.3 Å². The van der Waals surface area contributed by atoms with Gasteiger partial charge in [0.15, 0.2) is 0 Å². The second-order valence-corrected chi connectivity index (χ2v) is 11.3. The van der Waals surface area contributed by atoms with Crippen LogP contribution in [-0.2, 0) is 10.2 Å². The van der Waals surface area contributed by atoms with Crippen molar-refractivity contribution in [2.24, 2.45) is 0 Å². The average molecular weight is 624 g/mol. The van der Waals surface area contributed by atoms with E-state index in [2.05, 4.69) is 11.1 Å². The lowest BCUT2D eigenvalue weighted by atomic mass is 9.64. The molecule has 3 N–H and O–H groups in total. The van der Waals surface area contributed by atoms with E-state index in [0.717, 1.165) is 22.3 Å². The fourth-order valence-corrected chi connectivity index (χ4v) is 6.21. The molecule has 0 amide bonds. The van der Waals surface area contributed by atoms with Crippen molar-refractivity contribution in [3.8, 4) is 17.6 Å². The highest BCUT2D eigenvalue weighted by Crippen LogP contribution is 2.47. The summed E-state index contributed by atoms with van der Waals surface area (Å²) in [7, 11) is 3.16. The zero-order valence-corrected chi connectivity index (χ0v) is 25.9. The maximum atomic E-state index is 13.0. The van der Waals surface area contributed by atoms with E-state index in [1.807, 2.05) is 78.9 Å². The van der Waals surface area contributed by atoms with Gasteiger partial charge in [-0.05, 0) is 60.4 Å². The van der Waals surface area contributed by atoms with Crippen molar-refractivity contribution in [1.82, 2.24) is 9.55 Å². The molecule has 10 heteroatoms. The van der Waals surface area contributed by atoms with Crippen molar-refractivity contribution in [1.29, 1.82) is 5.26 Å². The van der Waals surface area contributed by atoms with Gasteiger partial charge in [0.2, 0.25) is 0 Å². The Morgan fingerprint density at radius 2 is 1.59 bits per heavy atom. The molecule has 238 valence electrons. The zero-order valence-electron chi connectivity index (χ0n) is 25.9. The Labute approximate surface area is 266 Å². The molecule has 5 rings (SSSR count). The van der Waals surface area contributed by atoms with Gasteiger partial charge in [-0.25, -0.2) is 4.79 Å². The molecule has 0 aliphatic carbocycles. The maximum absolute atomic E-state index is 13.0. The Morgan fingerprint density at radius 3 is 2.13 bits per heavy atom. The molecule has 1 fully saturated rings. The number of ether oxygens (including phenoxy) is 3. The van der Waals surface area contributed by atoms with Gasteiger partial charge in [0.25, 0.3) is 5.56 Å².